The molecule has 0 aromatic heterocycles. The molecule has 1 N–H and O–H groups in total. The van der Waals surface area contributed by atoms with Gasteiger partial charge in [0.15, 0.2) is 6.61 Å². The van der Waals surface area contributed by atoms with Crippen LogP contribution in [0, 0.1) is 0 Å². The van der Waals surface area contributed by atoms with Gasteiger partial charge < -0.3 is 9.47 Å². The first-order chi connectivity index (χ1) is 17.8. The Morgan fingerprint density at radius 2 is 1.68 bits per heavy atom. The van der Waals surface area contributed by atoms with Gasteiger partial charge >= 0.3 is 5.97 Å². The number of hydrazone groups is 1. The summed E-state index contributed by atoms with van der Waals surface area (Å²) in [6.45, 7) is -0.487. The van der Waals surface area contributed by atoms with E-state index in [1.807, 2.05) is 30.3 Å². The van der Waals surface area contributed by atoms with Gasteiger partial charge in [-0.1, -0.05) is 46.3 Å². The lowest BCUT2D eigenvalue weighted by Crippen LogP contribution is -2.40. The second kappa shape index (κ2) is 13.7. The highest BCUT2D eigenvalue weighted by Gasteiger charge is 2.26. The summed E-state index contributed by atoms with van der Waals surface area (Å²) < 4.78 is 38.3. The molecule has 0 aliphatic rings. The summed E-state index contributed by atoms with van der Waals surface area (Å²) in [4.78, 5) is 23.9. The van der Waals surface area contributed by atoms with Gasteiger partial charge in [-0.25, -0.2) is 18.6 Å². The Balaban J connectivity index is 1.64. The average molecular weight is 588 g/mol. The van der Waals surface area contributed by atoms with Gasteiger partial charge in [0.2, 0.25) is 10.0 Å². The Bertz CT molecular complexity index is 1310. The number of carbonyl (C=O) groups is 2. The molecule has 3 rings (SSSR count). The van der Waals surface area contributed by atoms with Crippen LogP contribution in [0.4, 0.5) is 0 Å². The topological polar surface area (TPSA) is 114 Å². The highest BCUT2D eigenvalue weighted by Crippen LogP contribution is 2.19. The molecular formula is C26H26BrN3O6S. The lowest BCUT2D eigenvalue weighted by Gasteiger charge is -2.21. The molecule has 1 amide bonds. The largest absolute Gasteiger partial charge is 0.482 e. The summed E-state index contributed by atoms with van der Waals surface area (Å²) in [5.41, 5.74) is 4.00. The fourth-order valence-corrected chi connectivity index (χ4v) is 4.83. The zero-order valence-corrected chi connectivity index (χ0v) is 22.4. The zero-order chi connectivity index (χ0) is 26.7. The van der Waals surface area contributed by atoms with Crippen LogP contribution in [0.15, 0.2) is 93.3 Å². The Kier molecular flexibility index (Phi) is 10.4. The van der Waals surface area contributed by atoms with Crippen LogP contribution < -0.4 is 10.2 Å². The van der Waals surface area contributed by atoms with E-state index in [1.54, 1.807) is 36.4 Å². The minimum Gasteiger partial charge on any atom is -0.482 e. The predicted molar refractivity (Wildman–Crippen MR) is 143 cm³/mol. The number of nitrogens with zero attached hydrogens (tertiary/aromatic N) is 2. The molecule has 0 aliphatic carbocycles. The van der Waals surface area contributed by atoms with Crippen molar-refractivity contribution in [3.8, 4) is 5.75 Å². The van der Waals surface area contributed by atoms with Gasteiger partial charge in [-0.2, -0.15) is 9.41 Å². The number of methoxy groups -OCH3 is 1. The zero-order valence-electron chi connectivity index (χ0n) is 20.0. The Hall–Kier alpha value is -3.54. The van der Waals surface area contributed by atoms with Crippen LogP contribution >= 0.6 is 15.9 Å². The van der Waals surface area contributed by atoms with E-state index in [4.69, 9.17) is 4.74 Å². The van der Waals surface area contributed by atoms with Crippen molar-refractivity contribution in [3.05, 3.63) is 94.5 Å². The number of amides is 1. The quantitative estimate of drug-likeness (QED) is 0.197. The van der Waals surface area contributed by atoms with E-state index in [-0.39, 0.29) is 18.0 Å². The molecule has 0 saturated heterocycles. The second-order valence-corrected chi connectivity index (χ2v) is 10.6. The van der Waals surface area contributed by atoms with Crippen LogP contribution in [0.25, 0.3) is 0 Å². The number of ether oxygens (including phenoxy) is 2. The number of halogens is 1. The molecule has 9 nitrogen and oxygen atoms in total. The molecule has 0 bridgehead atoms. The normalized spacial score (nSPS) is 11.4. The van der Waals surface area contributed by atoms with Crippen molar-refractivity contribution in [1.82, 2.24) is 9.73 Å². The Morgan fingerprint density at radius 3 is 2.32 bits per heavy atom. The lowest BCUT2D eigenvalue weighted by molar-refractivity contribution is -0.142. The van der Waals surface area contributed by atoms with E-state index >= 15 is 0 Å². The maximum atomic E-state index is 13.3. The molecule has 0 heterocycles. The molecule has 0 atom stereocenters. The number of esters is 1. The fraction of sp³-hybridized carbons (Fsp3) is 0.192. The summed E-state index contributed by atoms with van der Waals surface area (Å²) in [6, 6.07) is 22.4. The molecule has 0 saturated carbocycles. The van der Waals surface area contributed by atoms with Gasteiger partial charge in [0.25, 0.3) is 5.91 Å². The van der Waals surface area contributed by atoms with Crippen LogP contribution in [0.2, 0.25) is 0 Å². The summed E-state index contributed by atoms with van der Waals surface area (Å²) in [5, 5.41) is 3.93. The summed E-state index contributed by atoms with van der Waals surface area (Å²) in [7, 11) is -2.65. The van der Waals surface area contributed by atoms with Gasteiger partial charge in [-0.05, 0) is 66.1 Å². The predicted octanol–water partition coefficient (Wildman–Crippen LogP) is 3.38. The molecular weight excluding hydrogens is 562 g/mol. The third kappa shape index (κ3) is 8.81. The van der Waals surface area contributed by atoms with Crippen LogP contribution in [0.3, 0.4) is 0 Å². The van der Waals surface area contributed by atoms with Gasteiger partial charge in [-0.3, -0.25) is 4.79 Å². The van der Waals surface area contributed by atoms with E-state index in [1.165, 1.54) is 25.5 Å². The SMILES string of the molecule is COC(=O)COc1ccc(/C=N/NC(=O)CN(CCc2ccccc2)S(=O)(=O)c2ccc(Br)cc2)cc1. The summed E-state index contributed by atoms with van der Waals surface area (Å²) >= 11 is 3.30. The van der Waals surface area contributed by atoms with Crippen LogP contribution in [0.1, 0.15) is 11.1 Å². The van der Waals surface area contributed by atoms with Crippen LogP contribution in [-0.2, 0) is 30.8 Å². The second-order valence-electron chi connectivity index (χ2n) is 7.76. The van der Waals surface area contributed by atoms with E-state index in [0.717, 1.165) is 14.3 Å². The number of rotatable bonds is 12. The Morgan fingerprint density at radius 1 is 1.00 bits per heavy atom. The highest BCUT2D eigenvalue weighted by molar-refractivity contribution is 9.10. The minimum absolute atomic E-state index is 0.0922. The molecule has 0 spiro atoms. The number of benzene rings is 3. The van der Waals surface area contributed by atoms with Gasteiger partial charge in [0.1, 0.15) is 5.75 Å². The van der Waals surface area contributed by atoms with Gasteiger partial charge in [0.05, 0.1) is 24.8 Å². The van der Waals surface area contributed by atoms with E-state index in [0.29, 0.717) is 17.7 Å². The molecule has 11 heteroatoms. The molecule has 3 aromatic rings. The average Bonchev–Trinajstić information content (AvgIpc) is 2.91. The van der Waals surface area contributed by atoms with Gasteiger partial charge in [0, 0.05) is 11.0 Å². The van der Waals surface area contributed by atoms with Crippen molar-refractivity contribution in [3.63, 3.8) is 0 Å². The first kappa shape index (κ1) is 28.0. The third-order valence-corrected chi connectivity index (χ3v) is 7.52. The molecule has 0 unspecified atom stereocenters. The molecule has 194 valence electrons. The number of nitrogens with one attached hydrogen (secondary N) is 1. The first-order valence-corrected chi connectivity index (χ1v) is 13.4. The number of hydrogen-bond acceptors (Lipinski definition) is 7. The van der Waals surface area contributed by atoms with Crippen molar-refractivity contribution < 1.29 is 27.5 Å². The van der Waals surface area contributed by atoms with Crippen molar-refractivity contribution in [2.45, 2.75) is 11.3 Å². The van der Waals surface area contributed by atoms with Crippen LogP contribution in [0.5, 0.6) is 5.75 Å². The maximum Gasteiger partial charge on any atom is 0.343 e. The summed E-state index contributed by atoms with van der Waals surface area (Å²) in [6.07, 6.45) is 1.86. The monoisotopic (exact) mass is 587 g/mol. The van der Waals surface area contributed by atoms with Crippen molar-refractivity contribution >= 4 is 44.0 Å². The molecule has 0 radical (unpaired) electrons. The Labute approximate surface area is 224 Å². The fourth-order valence-electron chi connectivity index (χ4n) is 3.16. The minimum atomic E-state index is -3.93. The maximum absolute atomic E-state index is 13.3. The van der Waals surface area contributed by atoms with Gasteiger partial charge in [-0.15, -0.1) is 0 Å². The van der Waals surface area contributed by atoms with Crippen LogP contribution in [-0.4, -0.2) is 57.6 Å². The lowest BCUT2D eigenvalue weighted by atomic mass is 10.1. The number of sulfonamides is 1. The smallest absolute Gasteiger partial charge is 0.343 e. The van der Waals surface area contributed by atoms with Crippen molar-refractivity contribution in [2.24, 2.45) is 5.10 Å². The summed E-state index contributed by atoms with van der Waals surface area (Å²) in [5.74, 6) is -0.602. The number of carbonyl (C=O) groups excluding carboxylic acids is 2. The van der Waals surface area contributed by atoms with E-state index < -0.39 is 28.4 Å². The molecule has 3 aromatic carbocycles. The first-order valence-electron chi connectivity index (χ1n) is 11.2. The van der Waals surface area contributed by atoms with E-state index in [9.17, 15) is 18.0 Å². The van der Waals surface area contributed by atoms with E-state index in [2.05, 4.69) is 31.2 Å². The standard InChI is InChI=1S/C26H26BrN3O6S/c1-35-26(32)19-36-23-11-7-21(8-12-23)17-28-29-25(31)18-30(16-15-20-5-3-2-4-6-20)37(33,34)24-13-9-22(27)10-14-24/h2-14,17H,15-16,18-19H2,1H3,(H,29,31)/b28-17+. The van der Waals surface area contributed by atoms with Crippen molar-refractivity contribution in [1.29, 1.82) is 0 Å². The highest BCUT2D eigenvalue weighted by atomic mass is 79.9. The third-order valence-electron chi connectivity index (χ3n) is 5.13. The molecule has 0 fully saturated rings. The number of hydrogen-bond donors (Lipinski definition) is 1. The molecule has 0 aliphatic heterocycles. The van der Waals surface area contributed by atoms with Crippen molar-refractivity contribution in [2.75, 3.05) is 26.8 Å². The molecule has 37 heavy (non-hydrogen) atoms.